The molecule has 0 radical (unpaired) electrons. The summed E-state index contributed by atoms with van der Waals surface area (Å²) >= 11 is 1.42. The summed E-state index contributed by atoms with van der Waals surface area (Å²) in [6, 6.07) is 3.81. The van der Waals surface area contributed by atoms with E-state index in [-0.39, 0.29) is 24.2 Å². The molecule has 1 fully saturated rings. The minimum atomic E-state index is -0.267. The number of carbonyl (C=O) groups is 2. The summed E-state index contributed by atoms with van der Waals surface area (Å²) in [5.74, 6) is 1.07. The van der Waals surface area contributed by atoms with Gasteiger partial charge in [-0.25, -0.2) is 0 Å². The maximum atomic E-state index is 12.2. The fraction of sp³-hybridized carbons (Fsp3) is 0.500. The zero-order valence-electron chi connectivity index (χ0n) is 14.5. The minimum Gasteiger partial charge on any atom is -0.486 e. The lowest BCUT2D eigenvalue weighted by Crippen LogP contribution is -2.20. The molecular formula is C18H20N2O5S. The summed E-state index contributed by atoms with van der Waals surface area (Å²) in [6.45, 7) is 3.55. The van der Waals surface area contributed by atoms with E-state index in [9.17, 15) is 9.59 Å². The van der Waals surface area contributed by atoms with Crippen LogP contribution in [0.3, 0.4) is 0 Å². The van der Waals surface area contributed by atoms with Crippen molar-refractivity contribution in [3.8, 4) is 11.5 Å². The molecule has 0 unspecified atom stereocenters. The Bertz CT molecular complexity index is 926. The molecule has 26 heavy (non-hydrogen) atoms. The third kappa shape index (κ3) is 3.46. The molecule has 2 aromatic rings. The van der Waals surface area contributed by atoms with Crippen LogP contribution in [0.25, 0.3) is 10.2 Å². The van der Waals surface area contributed by atoms with Gasteiger partial charge in [0.15, 0.2) is 16.3 Å². The lowest BCUT2D eigenvalue weighted by molar-refractivity contribution is -0.143. The monoisotopic (exact) mass is 376 g/mol. The van der Waals surface area contributed by atoms with E-state index in [4.69, 9.17) is 14.2 Å². The quantitative estimate of drug-likeness (QED) is 0.748. The first-order valence-corrected chi connectivity index (χ1v) is 9.64. The molecule has 1 aromatic carbocycles. The van der Waals surface area contributed by atoms with Crippen LogP contribution in [0.1, 0.15) is 26.2 Å². The van der Waals surface area contributed by atoms with Crippen molar-refractivity contribution < 1.29 is 23.8 Å². The van der Waals surface area contributed by atoms with E-state index in [1.165, 1.54) is 11.3 Å². The second-order valence-corrected chi connectivity index (χ2v) is 7.29. The van der Waals surface area contributed by atoms with Crippen LogP contribution in [-0.2, 0) is 20.9 Å². The number of thiazole rings is 1. The SMILES string of the molecule is CCOC(=O)CCn1c(=NC(=O)C2CC2)sc2cc3c(cc21)OCCO3. The Kier molecular flexibility index (Phi) is 4.67. The molecule has 7 nitrogen and oxygen atoms in total. The summed E-state index contributed by atoms with van der Waals surface area (Å²) in [7, 11) is 0. The van der Waals surface area contributed by atoms with Crippen molar-refractivity contribution in [3.63, 3.8) is 0 Å². The molecule has 4 rings (SSSR count). The third-order valence-electron chi connectivity index (χ3n) is 4.32. The van der Waals surface area contributed by atoms with Gasteiger partial charge in [0, 0.05) is 24.6 Å². The number of ether oxygens (including phenoxy) is 3. The Morgan fingerprint density at radius 2 is 2.00 bits per heavy atom. The number of esters is 1. The molecule has 1 saturated carbocycles. The maximum Gasteiger partial charge on any atom is 0.307 e. The smallest absolute Gasteiger partial charge is 0.307 e. The molecule has 1 aromatic heterocycles. The van der Waals surface area contributed by atoms with Gasteiger partial charge < -0.3 is 18.8 Å². The first kappa shape index (κ1) is 17.1. The van der Waals surface area contributed by atoms with Crippen molar-refractivity contribution in [2.24, 2.45) is 10.9 Å². The van der Waals surface area contributed by atoms with Crippen molar-refractivity contribution in [1.82, 2.24) is 4.57 Å². The van der Waals surface area contributed by atoms with E-state index < -0.39 is 0 Å². The summed E-state index contributed by atoms with van der Waals surface area (Å²) in [5.41, 5.74) is 0.880. The normalized spacial score (nSPS) is 16.7. The topological polar surface area (TPSA) is 79.1 Å². The largest absolute Gasteiger partial charge is 0.486 e. The molecule has 0 spiro atoms. The van der Waals surface area contributed by atoms with Gasteiger partial charge in [-0.3, -0.25) is 9.59 Å². The summed E-state index contributed by atoms with van der Waals surface area (Å²) in [4.78, 5) is 28.9. The molecule has 1 aliphatic heterocycles. The first-order chi connectivity index (χ1) is 12.7. The summed E-state index contributed by atoms with van der Waals surface area (Å²) in [5, 5.41) is 0. The van der Waals surface area contributed by atoms with E-state index in [0.717, 1.165) is 23.1 Å². The van der Waals surface area contributed by atoms with E-state index >= 15 is 0 Å². The van der Waals surface area contributed by atoms with Crippen LogP contribution in [0.15, 0.2) is 17.1 Å². The molecule has 0 atom stereocenters. The van der Waals surface area contributed by atoms with Gasteiger partial charge in [-0.05, 0) is 19.8 Å². The van der Waals surface area contributed by atoms with E-state index in [1.54, 1.807) is 6.92 Å². The van der Waals surface area contributed by atoms with Gasteiger partial charge in [-0.1, -0.05) is 11.3 Å². The lowest BCUT2D eigenvalue weighted by Gasteiger charge is -2.18. The zero-order valence-corrected chi connectivity index (χ0v) is 15.3. The lowest BCUT2D eigenvalue weighted by atomic mass is 10.2. The zero-order chi connectivity index (χ0) is 18.1. The van der Waals surface area contributed by atoms with Gasteiger partial charge >= 0.3 is 5.97 Å². The molecule has 2 aliphatic rings. The van der Waals surface area contributed by atoms with Crippen LogP contribution in [0.2, 0.25) is 0 Å². The number of aryl methyl sites for hydroxylation is 1. The van der Waals surface area contributed by atoms with Crippen LogP contribution < -0.4 is 14.3 Å². The summed E-state index contributed by atoms with van der Waals surface area (Å²) < 4.78 is 19.2. The molecular weight excluding hydrogens is 356 g/mol. The summed E-state index contributed by atoms with van der Waals surface area (Å²) in [6.07, 6.45) is 2.04. The van der Waals surface area contributed by atoms with Gasteiger partial charge in [-0.2, -0.15) is 4.99 Å². The number of fused-ring (bicyclic) bond motifs is 2. The number of hydrogen-bond donors (Lipinski definition) is 0. The van der Waals surface area contributed by atoms with Gasteiger partial charge in [0.25, 0.3) is 5.91 Å². The highest BCUT2D eigenvalue weighted by Gasteiger charge is 2.29. The number of rotatable bonds is 5. The van der Waals surface area contributed by atoms with Crippen LogP contribution in [0, 0.1) is 5.92 Å². The Morgan fingerprint density at radius 1 is 1.27 bits per heavy atom. The Hall–Kier alpha value is -2.35. The number of aromatic nitrogens is 1. The van der Waals surface area contributed by atoms with E-state index in [2.05, 4.69) is 4.99 Å². The standard InChI is InChI=1S/C18H20N2O5S/c1-2-23-16(21)5-6-20-12-9-13-14(25-8-7-24-13)10-15(12)26-18(20)19-17(22)11-3-4-11/h9-11H,2-8H2,1H3. The minimum absolute atomic E-state index is 0.0543. The molecule has 0 saturated heterocycles. The maximum absolute atomic E-state index is 12.2. The predicted molar refractivity (Wildman–Crippen MR) is 95.3 cm³/mol. The molecule has 1 amide bonds. The molecule has 8 heteroatoms. The van der Waals surface area contributed by atoms with Crippen LogP contribution in [0.5, 0.6) is 11.5 Å². The van der Waals surface area contributed by atoms with Crippen LogP contribution >= 0.6 is 11.3 Å². The fourth-order valence-electron chi connectivity index (χ4n) is 2.86. The Balaban J connectivity index is 1.75. The fourth-order valence-corrected chi connectivity index (χ4v) is 3.93. The third-order valence-corrected chi connectivity index (χ3v) is 5.37. The van der Waals surface area contributed by atoms with Crippen molar-refractivity contribution >= 4 is 33.4 Å². The van der Waals surface area contributed by atoms with E-state index in [0.29, 0.717) is 42.7 Å². The highest BCUT2D eigenvalue weighted by atomic mass is 32.1. The average Bonchev–Trinajstić information content (AvgIpc) is 3.42. The molecule has 0 bridgehead atoms. The Labute approximate surface area is 154 Å². The molecule has 0 N–H and O–H groups in total. The highest BCUT2D eigenvalue weighted by Crippen LogP contribution is 2.36. The van der Waals surface area contributed by atoms with Gasteiger partial charge in [0.05, 0.1) is 23.2 Å². The number of nitrogens with zero attached hydrogens (tertiary/aromatic N) is 2. The average molecular weight is 376 g/mol. The van der Waals surface area contributed by atoms with E-state index in [1.807, 2.05) is 16.7 Å². The number of hydrogen-bond acceptors (Lipinski definition) is 6. The van der Waals surface area contributed by atoms with Crippen LogP contribution in [0.4, 0.5) is 0 Å². The van der Waals surface area contributed by atoms with Crippen molar-refractivity contribution in [3.05, 3.63) is 16.9 Å². The predicted octanol–water partition coefficient (Wildman–Crippen LogP) is 2.26. The van der Waals surface area contributed by atoms with Crippen molar-refractivity contribution in [1.29, 1.82) is 0 Å². The van der Waals surface area contributed by atoms with Crippen LogP contribution in [-0.4, -0.2) is 36.3 Å². The highest BCUT2D eigenvalue weighted by molar-refractivity contribution is 7.16. The number of carbonyl (C=O) groups excluding carboxylic acids is 2. The van der Waals surface area contributed by atoms with Gasteiger partial charge in [0.1, 0.15) is 13.2 Å². The first-order valence-electron chi connectivity index (χ1n) is 8.83. The molecule has 1 aliphatic carbocycles. The van der Waals surface area contributed by atoms with Gasteiger partial charge in [0.2, 0.25) is 0 Å². The number of benzene rings is 1. The van der Waals surface area contributed by atoms with Gasteiger partial charge in [-0.15, -0.1) is 0 Å². The van der Waals surface area contributed by atoms with Crippen molar-refractivity contribution in [2.75, 3.05) is 19.8 Å². The second-order valence-electron chi connectivity index (χ2n) is 6.28. The molecule has 2 heterocycles. The second kappa shape index (κ2) is 7.11. The van der Waals surface area contributed by atoms with Crippen molar-refractivity contribution in [2.45, 2.75) is 32.7 Å². The Morgan fingerprint density at radius 3 is 2.69 bits per heavy atom. The molecule has 138 valence electrons. The number of amides is 1.